The monoisotopic (exact) mass is 270 g/mol. The molecule has 0 heterocycles. The van der Waals surface area contributed by atoms with E-state index in [-0.39, 0.29) is 6.10 Å². The maximum Gasteiger partial charge on any atom is 0.118 e. The first-order valence-corrected chi connectivity index (χ1v) is 7.04. The lowest BCUT2D eigenvalue weighted by Gasteiger charge is -2.12. The fourth-order valence-corrected chi connectivity index (χ4v) is 2.32. The molecule has 0 aliphatic heterocycles. The maximum atomic E-state index is 10.2. The van der Waals surface area contributed by atoms with Gasteiger partial charge in [0, 0.05) is 0 Å². The Morgan fingerprint density at radius 1 is 1.05 bits per heavy atom. The summed E-state index contributed by atoms with van der Waals surface area (Å²) in [6.07, 6.45) is 2.10. The van der Waals surface area contributed by atoms with Gasteiger partial charge in [-0.2, -0.15) is 0 Å². The minimum absolute atomic E-state index is 0.293. The van der Waals surface area contributed by atoms with Gasteiger partial charge >= 0.3 is 0 Å². The van der Waals surface area contributed by atoms with Crippen molar-refractivity contribution in [3.8, 4) is 5.75 Å². The van der Waals surface area contributed by atoms with E-state index in [1.807, 2.05) is 24.3 Å². The van der Waals surface area contributed by atoms with Crippen molar-refractivity contribution in [3.63, 3.8) is 0 Å². The van der Waals surface area contributed by atoms with Crippen LogP contribution in [0.25, 0.3) is 0 Å². The van der Waals surface area contributed by atoms with Crippen LogP contribution >= 0.6 is 0 Å². The van der Waals surface area contributed by atoms with Gasteiger partial charge in [-0.05, 0) is 55.0 Å². The number of benzene rings is 2. The SMILES string of the molecule is COc1ccc(CCC(O)Cc2ccccc2C)cc1. The molecule has 106 valence electrons. The minimum Gasteiger partial charge on any atom is -0.497 e. The van der Waals surface area contributed by atoms with Gasteiger partial charge in [-0.3, -0.25) is 0 Å². The van der Waals surface area contributed by atoms with Gasteiger partial charge < -0.3 is 9.84 Å². The Morgan fingerprint density at radius 3 is 2.40 bits per heavy atom. The van der Waals surface area contributed by atoms with E-state index in [4.69, 9.17) is 4.74 Å². The first-order valence-electron chi connectivity index (χ1n) is 7.04. The molecule has 0 amide bonds. The van der Waals surface area contributed by atoms with Crippen molar-refractivity contribution in [2.45, 2.75) is 32.3 Å². The van der Waals surface area contributed by atoms with Crippen LogP contribution in [-0.2, 0) is 12.8 Å². The van der Waals surface area contributed by atoms with E-state index in [1.54, 1.807) is 7.11 Å². The van der Waals surface area contributed by atoms with Crippen LogP contribution in [0.5, 0.6) is 5.75 Å². The minimum atomic E-state index is -0.293. The zero-order valence-electron chi connectivity index (χ0n) is 12.2. The molecule has 0 spiro atoms. The van der Waals surface area contributed by atoms with Crippen LogP contribution in [0.1, 0.15) is 23.1 Å². The highest BCUT2D eigenvalue weighted by molar-refractivity contribution is 5.28. The number of methoxy groups -OCH3 is 1. The Balaban J connectivity index is 1.85. The van der Waals surface area contributed by atoms with E-state index in [0.29, 0.717) is 0 Å². The second kappa shape index (κ2) is 7.11. The summed E-state index contributed by atoms with van der Waals surface area (Å²) in [7, 11) is 1.67. The van der Waals surface area contributed by atoms with Crippen LogP contribution in [0.4, 0.5) is 0 Å². The van der Waals surface area contributed by atoms with Crippen molar-refractivity contribution < 1.29 is 9.84 Å². The Labute approximate surface area is 121 Å². The molecule has 2 aromatic carbocycles. The largest absolute Gasteiger partial charge is 0.497 e. The first-order chi connectivity index (χ1) is 9.69. The summed E-state index contributed by atoms with van der Waals surface area (Å²) in [5, 5.41) is 10.2. The zero-order chi connectivity index (χ0) is 14.4. The molecule has 1 unspecified atom stereocenters. The summed E-state index contributed by atoms with van der Waals surface area (Å²) in [5.41, 5.74) is 3.71. The Kier molecular flexibility index (Phi) is 5.19. The Hall–Kier alpha value is -1.80. The fourth-order valence-electron chi connectivity index (χ4n) is 2.32. The van der Waals surface area contributed by atoms with E-state index >= 15 is 0 Å². The van der Waals surface area contributed by atoms with Crippen molar-refractivity contribution in [1.82, 2.24) is 0 Å². The lowest BCUT2D eigenvalue weighted by Crippen LogP contribution is -2.12. The summed E-state index contributed by atoms with van der Waals surface area (Å²) in [5.74, 6) is 0.870. The van der Waals surface area contributed by atoms with E-state index in [2.05, 4.69) is 31.2 Å². The number of aryl methyl sites for hydroxylation is 2. The number of rotatable bonds is 6. The number of hydrogen-bond donors (Lipinski definition) is 1. The first kappa shape index (κ1) is 14.6. The zero-order valence-corrected chi connectivity index (χ0v) is 12.2. The van der Waals surface area contributed by atoms with E-state index in [1.165, 1.54) is 16.7 Å². The summed E-state index contributed by atoms with van der Waals surface area (Å²) >= 11 is 0. The van der Waals surface area contributed by atoms with Crippen LogP contribution in [0, 0.1) is 6.92 Å². The quantitative estimate of drug-likeness (QED) is 0.870. The molecule has 0 aromatic heterocycles. The van der Waals surface area contributed by atoms with Crippen molar-refractivity contribution in [2.75, 3.05) is 7.11 Å². The van der Waals surface area contributed by atoms with Crippen LogP contribution in [0.2, 0.25) is 0 Å². The number of hydrogen-bond acceptors (Lipinski definition) is 2. The Morgan fingerprint density at radius 2 is 1.75 bits per heavy atom. The molecule has 0 fully saturated rings. The average molecular weight is 270 g/mol. The summed E-state index contributed by atoms with van der Waals surface area (Å²) < 4.78 is 5.14. The van der Waals surface area contributed by atoms with Crippen LogP contribution in [0.15, 0.2) is 48.5 Å². The number of ether oxygens (including phenoxy) is 1. The second-order valence-corrected chi connectivity index (χ2v) is 5.17. The van der Waals surface area contributed by atoms with Crippen molar-refractivity contribution in [3.05, 3.63) is 65.2 Å². The third-order valence-electron chi connectivity index (χ3n) is 3.64. The van der Waals surface area contributed by atoms with Gasteiger partial charge in [-0.25, -0.2) is 0 Å². The number of aliphatic hydroxyl groups excluding tert-OH is 1. The number of aliphatic hydroxyl groups is 1. The molecule has 2 heteroatoms. The molecule has 1 atom stereocenters. The van der Waals surface area contributed by atoms with Gasteiger partial charge in [0.15, 0.2) is 0 Å². The molecule has 0 radical (unpaired) electrons. The van der Waals surface area contributed by atoms with E-state index in [0.717, 1.165) is 25.0 Å². The fraction of sp³-hybridized carbons (Fsp3) is 0.333. The lowest BCUT2D eigenvalue weighted by molar-refractivity contribution is 0.165. The molecule has 0 saturated heterocycles. The average Bonchev–Trinajstić information content (AvgIpc) is 2.48. The smallest absolute Gasteiger partial charge is 0.118 e. The molecule has 20 heavy (non-hydrogen) atoms. The van der Waals surface area contributed by atoms with Crippen LogP contribution in [0.3, 0.4) is 0 Å². The molecule has 2 nitrogen and oxygen atoms in total. The lowest BCUT2D eigenvalue weighted by atomic mass is 9.98. The topological polar surface area (TPSA) is 29.5 Å². The van der Waals surface area contributed by atoms with Crippen molar-refractivity contribution in [1.29, 1.82) is 0 Å². The van der Waals surface area contributed by atoms with Crippen LogP contribution < -0.4 is 4.74 Å². The predicted octanol–water partition coefficient (Wildman–Crippen LogP) is 3.54. The predicted molar refractivity (Wildman–Crippen MR) is 82.2 cm³/mol. The van der Waals surface area contributed by atoms with Gasteiger partial charge in [0.25, 0.3) is 0 Å². The highest BCUT2D eigenvalue weighted by atomic mass is 16.5. The van der Waals surface area contributed by atoms with Gasteiger partial charge in [0.2, 0.25) is 0 Å². The molecule has 0 bridgehead atoms. The molecule has 1 N–H and O–H groups in total. The summed E-state index contributed by atoms with van der Waals surface area (Å²) in [6, 6.07) is 16.3. The highest BCUT2D eigenvalue weighted by Crippen LogP contribution is 2.15. The molecular weight excluding hydrogens is 248 g/mol. The van der Waals surface area contributed by atoms with Gasteiger partial charge in [-0.1, -0.05) is 36.4 Å². The third-order valence-corrected chi connectivity index (χ3v) is 3.64. The standard InChI is InChI=1S/C18H22O2/c1-14-5-3-4-6-16(14)13-17(19)10-7-15-8-11-18(20-2)12-9-15/h3-6,8-9,11-12,17,19H,7,10,13H2,1-2H3. The molecule has 0 saturated carbocycles. The molecule has 2 aromatic rings. The normalized spacial score (nSPS) is 12.2. The Bertz CT molecular complexity index is 531. The van der Waals surface area contributed by atoms with E-state index in [9.17, 15) is 5.11 Å². The van der Waals surface area contributed by atoms with Crippen molar-refractivity contribution >= 4 is 0 Å². The summed E-state index contributed by atoms with van der Waals surface area (Å²) in [4.78, 5) is 0. The summed E-state index contributed by atoms with van der Waals surface area (Å²) in [6.45, 7) is 2.09. The molecule has 0 aliphatic carbocycles. The van der Waals surface area contributed by atoms with Gasteiger partial charge in [0.1, 0.15) is 5.75 Å². The molecule has 0 aliphatic rings. The molecule has 2 rings (SSSR count). The van der Waals surface area contributed by atoms with Crippen molar-refractivity contribution in [2.24, 2.45) is 0 Å². The highest BCUT2D eigenvalue weighted by Gasteiger charge is 2.07. The van der Waals surface area contributed by atoms with Gasteiger partial charge in [0.05, 0.1) is 13.2 Å². The maximum absolute atomic E-state index is 10.2. The molecular formula is C18H22O2. The van der Waals surface area contributed by atoms with E-state index < -0.39 is 0 Å². The third kappa shape index (κ3) is 4.10. The second-order valence-electron chi connectivity index (χ2n) is 5.17. The van der Waals surface area contributed by atoms with Crippen LogP contribution in [-0.4, -0.2) is 18.3 Å². The van der Waals surface area contributed by atoms with Gasteiger partial charge in [-0.15, -0.1) is 0 Å².